The van der Waals surface area contributed by atoms with Gasteiger partial charge in [-0.25, -0.2) is 0 Å². The van der Waals surface area contributed by atoms with Gasteiger partial charge in [0.25, 0.3) is 0 Å². The molecule has 0 atom stereocenters. The third-order valence-corrected chi connectivity index (χ3v) is 5.91. The molecule has 2 rings (SSSR count). The summed E-state index contributed by atoms with van der Waals surface area (Å²) < 4.78 is 0. The molecule has 0 bridgehead atoms. The summed E-state index contributed by atoms with van der Waals surface area (Å²) in [5.41, 5.74) is 5.16. The van der Waals surface area contributed by atoms with E-state index in [9.17, 15) is 0 Å². The van der Waals surface area contributed by atoms with Crippen LogP contribution in [0, 0.1) is 12.8 Å². The van der Waals surface area contributed by atoms with Crippen LogP contribution in [0.3, 0.4) is 0 Å². The normalized spacial score (nSPS) is 12.0. The topological polar surface area (TPSA) is 12.9 Å². The van der Waals surface area contributed by atoms with Gasteiger partial charge in [0, 0.05) is 11.8 Å². The molecule has 0 fully saturated rings. The molecule has 0 N–H and O–H groups in total. The van der Waals surface area contributed by atoms with Gasteiger partial charge in [0.15, 0.2) is 0 Å². The molecule has 0 aliphatic rings. The van der Waals surface area contributed by atoms with E-state index in [1.807, 2.05) is 0 Å². The molecule has 0 aliphatic carbocycles. The minimum absolute atomic E-state index is 0.673. The van der Waals surface area contributed by atoms with Crippen LogP contribution in [-0.2, 0) is 6.42 Å². The second-order valence-electron chi connectivity index (χ2n) is 7.39. The Morgan fingerprint density at radius 1 is 1.10 bits per heavy atom. The van der Waals surface area contributed by atoms with Gasteiger partial charge in [0.2, 0.25) is 0 Å². The number of aromatic nitrogens is 1. The van der Waals surface area contributed by atoms with E-state index in [0.717, 1.165) is 12.1 Å². The Bertz CT molecular complexity index is 624. The van der Waals surface area contributed by atoms with Crippen molar-refractivity contribution in [1.82, 2.24) is 4.98 Å². The van der Waals surface area contributed by atoms with Gasteiger partial charge in [-0.3, -0.25) is 4.98 Å². The number of benzene rings is 1. The maximum absolute atomic E-state index is 4.78. The Balaban J connectivity index is 2.54. The Morgan fingerprint density at radius 2 is 1.76 bits per heavy atom. The molecule has 112 valence electrons. The van der Waals surface area contributed by atoms with Crippen molar-refractivity contribution >= 4 is 13.3 Å². The van der Waals surface area contributed by atoms with E-state index in [1.165, 1.54) is 21.9 Å². The number of rotatable bonds is 4. The molecule has 1 aromatic heterocycles. The number of hydrogen-bond donors (Lipinski definition) is 0. The van der Waals surface area contributed by atoms with Crippen LogP contribution in [0.4, 0.5) is 0 Å². The minimum atomic E-state index is -1.34. The number of aryl methyl sites for hydroxylation is 1. The molecule has 0 aliphatic heterocycles. The van der Waals surface area contributed by atoms with Gasteiger partial charge in [-0.1, -0.05) is 57.8 Å². The molecule has 0 spiro atoms. The Hall–Kier alpha value is -1.41. The first-order valence-electron chi connectivity index (χ1n) is 7.84. The molecule has 1 aromatic carbocycles. The predicted molar refractivity (Wildman–Crippen MR) is 95.9 cm³/mol. The zero-order valence-corrected chi connectivity index (χ0v) is 15.2. The average molecular weight is 298 g/mol. The van der Waals surface area contributed by atoms with Crippen molar-refractivity contribution in [3.8, 4) is 11.3 Å². The highest BCUT2D eigenvalue weighted by Gasteiger charge is 2.21. The first-order valence-corrected chi connectivity index (χ1v) is 11.3. The van der Waals surface area contributed by atoms with E-state index in [2.05, 4.69) is 76.9 Å². The summed E-state index contributed by atoms with van der Waals surface area (Å²) in [7, 11) is -1.34. The minimum Gasteiger partial charge on any atom is -0.256 e. The number of hydrogen-bond acceptors (Lipinski definition) is 1. The maximum atomic E-state index is 4.78. The predicted octanol–water partition coefficient (Wildman–Crippen LogP) is 4.80. The standard InChI is InChI=1S/C19H27NSi/c1-14(2)11-16-12-18(17-10-8-7-9-15(17)3)20-13-19(16)21(4,5)6/h7-10,12-14H,11H2,1-6H3. The quantitative estimate of drug-likeness (QED) is 0.739. The molecule has 1 nitrogen and oxygen atoms in total. The van der Waals surface area contributed by atoms with Gasteiger partial charge in [0.05, 0.1) is 13.8 Å². The summed E-state index contributed by atoms with van der Waals surface area (Å²) in [5, 5.41) is 1.51. The highest BCUT2D eigenvalue weighted by atomic mass is 28.3. The molecule has 2 heteroatoms. The molecule has 21 heavy (non-hydrogen) atoms. The fraction of sp³-hybridized carbons (Fsp3) is 0.421. The molecule has 0 amide bonds. The lowest BCUT2D eigenvalue weighted by molar-refractivity contribution is 0.649. The van der Waals surface area contributed by atoms with E-state index in [-0.39, 0.29) is 0 Å². The lowest BCUT2D eigenvalue weighted by Gasteiger charge is -2.22. The monoisotopic (exact) mass is 297 g/mol. The third-order valence-electron chi connectivity index (χ3n) is 3.85. The number of pyridine rings is 1. The second kappa shape index (κ2) is 6.14. The van der Waals surface area contributed by atoms with Crippen molar-refractivity contribution in [1.29, 1.82) is 0 Å². The Morgan fingerprint density at radius 3 is 2.33 bits per heavy atom. The van der Waals surface area contributed by atoms with Crippen molar-refractivity contribution in [2.45, 2.75) is 46.8 Å². The Kier molecular flexibility index (Phi) is 4.67. The lowest BCUT2D eigenvalue weighted by atomic mass is 10.00. The lowest BCUT2D eigenvalue weighted by Crippen LogP contribution is -2.40. The SMILES string of the molecule is Cc1ccccc1-c1cc(CC(C)C)c([Si](C)(C)C)cn1. The van der Waals surface area contributed by atoms with Crippen LogP contribution in [0.25, 0.3) is 11.3 Å². The molecule has 0 saturated heterocycles. The molecule has 1 heterocycles. The maximum Gasteiger partial charge on any atom is 0.0799 e. The van der Waals surface area contributed by atoms with Gasteiger partial charge in [-0.15, -0.1) is 0 Å². The van der Waals surface area contributed by atoms with Gasteiger partial charge in [0.1, 0.15) is 0 Å². The van der Waals surface area contributed by atoms with Crippen molar-refractivity contribution in [2.75, 3.05) is 0 Å². The van der Waals surface area contributed by atoms with Crippen LogP contribution in [0.15, 0.2) is 36.5 Å². The summed E-state index contributed by atoms with van der Waals surface area (Å²) in [5.74, 6) is 0.673. The van der Waals surface area contributed by atoms with Crippen LogP contribution in [0.2, 0.25) is 19.6 Å². The smallest absolute Gasteiger partial charge is 0.0799 e. The van der Waals surface area contributed by atoms with Gasteiger partial charge in [-0.05, 0) is 41.6 Å². The first kappa shape index (κ1) is 16.0. The zero-order valence-electron chi connectivity index (χ0n) is 14.2. The summed E-state index contributed by atoms with van der Waals surface area (Å²) >= 11 is 0. The van der Waals surface area contributed by atoms with Crippen LogP contribution >= 0.6 is 0 Å². The number of nitrogens with zero attached hydrogens (tertiary/aromatic N) is 1. The van der Waals surface area contributed by atoms with Crippen molar-refractivity contribution in [2.24, 2.45) is 5.92 Å². The van der Waals surface area contributed by atoms with Crippen LogP contribution < -0.4 is 5.19 Å². The van der Waals surface area contributed by atoms with Gasteiger partial charge < -0.3 is 0 Å². The third kappa shape index (κ3) is 3.82. The van der Waals surface area contributed by atoms with Gasteiger partial charge >= 0.3 is 0 Å². The van der Waals surface area contributed by atoms with E-state index >= 15 is 0 Å². The summed E-state index contributed by atoms with van der Waals surface area (Å²) in [4.78, 5) is 4.78. The van der Waals surface area contributed by atoms with E-state index < -0.39 is 8.07 Å². The van der Waals surface area contributed by atoms with Crippen molar-refractivity contribution < 1.29 is 0 Å². The van der Waals surface area contributed by atoms with E-state index in [4.69, 9.17) is 4.98 Å². The molecule has 2 aromatic rings. The highest BCUT2D eigenvalue weighted by molar-refractivity contribution is 6.89. The summed E-state index contributed by atoms with van der Waals surface area (Å²) in [6.07, 6.45) is 3.28. The van der Waals surface area contributed by atoms with Crippen molar-refractivity contribution in [3.63, 3.8) is 0 Å². The van der Waals surface area contributed by atoms with E-state index in [1.54, 1.807) is 0 Å². The molecular weight excluding hydrogens is 270 g/mol. The van der Waals surface area contributed by atoms with Gasteiger partial charge in [-0.2, -0.15) is 0 Å². The average Bonchev–Trinajstić information content (AvgIpc) is 2.37. The van der Waals surface area contributed by atoms with Crippen LogP contribution in [0.5, 0.6) is 0 Å². The molecular formula is C19H27NSi. The molecule has 0 radical (unpaired) electrons. The fourth-order valence-electron chi connectivity index (χ4n) is 2.79. The first-order chi connectivity index (χ1) is 9.79. The Labute approximate surface area is 130 Å². The summed E-state index contributed by atoms with van der Waals surface area (Å²) in [6.45, 7) is 14.0. The highest BCUT2D eigenvalue weighted by Crippen LogP contribution is 2.23. The molecule has 0 saturated carbocycles. The van der Waals surface area contributed by atoms with E-state index in [0.29, 0.717) is 5.92 Å². The zero-order chi connectivity index (χ0) is 15.6. The van der Waals surface area contributed by atoms with Crippen molar-refractivity contribution in [3.05, 3.63) is 47.7 Å². The fourth-order valence-corrected chi connectivity index (χ4v) is 4.38. The summed E-state index contributed by atoms with van der Waals surface area (Å²) in [6, 6.07) is 10.8. The molecule has 0 unspecified atom stereocenters. The van der Waals surface area contributed by atoms with Crippen LogP contribution in [-0.4, -0.2) is 13.1 Å². The van der Waals surface area contributed by atoms with Crippen LogP contribution in [0.1, 0.15) is 25.0 Å². The second-order valence-corrected chi connectivity index (χ2v) is 12.4. The largest absolute Gasteiger partial charge is 0.256 e.